The second-order valence-electron chi connectivity index (χ2n) is 7.64. The first-order chi connectivity index (χ1) is 11.8. The third-order valence-electron chi connectivity index (χ3n) is 6.19. The van der Waals surface area contributed by atoms with Gasteiger partial charge in [-0.1, -0.05) is 50.3 Å². The number of hydrogen-bond donors (Lipinski definition) is 1. The molecule has 2 heteroatoms. The van der Waals surface area contributed by atoms with Crippen LogP contribution in [0.1, 0.15) is 62.7 Å². The molecule has 1 N–H and O–H groups in total. The lowest BCUT2D eigenvalue weighted by molar-refractivity contribution is -0.0418. The normalized spacial score (nSPS) is 32.6. The molecule has 1 aliphatic carbocycles. The van der Waals surface area contributed by atoms with Gasteiger partial charge in [-0.3, -0.25) is 0 Å². The molecule has 0 aromatic heterocycles. The summed E-state index contributed by atoms with van der Waals surface area (Å²) in [4.78, 5) is 0. The Labute approximate surface area is 146 Å². The Hall–Kier alpha value is -1.54. The second-order valence-corrected chi connectivity index (χ2v) is 7.64. The molecule has 0 amide bonds. The van der Waals surface area contributed by atoms with Gasteiger partial charge in [0.2, 0.25) is 0 Å². The summed E-state index contributed by atoms with van der Waals surface area (Å²) in [6, 6.07) is 7.49. The minimum Gasteiger partial charge on any atom is -0.381 e. The number of fused-ring (bicyclic) bond motifs is 3. The highest BCUT2D eigenvalue weighted by atomic mass is 16.5. The zero-order chi connectivity index (χ0) is 16.5. The summed E-state index contributed by atoms with van der Waals surface area (Å²) in [6.07, 6.45) is 14.1. The van der Waals surface area contributed by atoms with Crippen LogP contribution in [0.3, 0.4) is 0 Å². The summed E-state index contributed by atoms with van der Waals surface area (Å²) in [5, 5.41) is 3.88. The molecule has 5 atom stereocenters. The smallest absolute Gasteiger partial charge is 0.0892 e. The van der Waals surface area contributed by atoms with Crippen LogP contribution in [0.15, 0.2) is 42.5 Å². The molecule has 0 spiro atoms. The maximum atomic E-state index is 6.32. The molecule has 1 aromatic carbocycles. The molecule has 0 bridgehead atoms. The first kappa shape index (κ1) is 16.0. The molecule has 24 heavy (non-hydrogen) atoms. The van der Waals surface area contributed by atoms with E-state index in [2.05, 4.69) is 61.7 Å². The molecule has 2 unspecified atom stereocenters. The van der Waals surface area contributed by atoms with E-state index in [4.69, 9.17) is 4.74 Å². The highest BCUT2D eigenvalue weighted by Gasteiger charge is 2.41. The highest BCUT2D eigenvalue weighted by molar-refractivity contribution is 5.58. The van der Waals surface area contributed by atoms with Crippen LogP contribution in [0.25, 0.3) is 0 Å². The fraction of sp³-hybridized carbons (Fsp3) is 0.545. The SMILES string of the molecule is CCC(C)c1ccc2c(c1)[C@H]1OCCC[C@H]1[C@H](C1C=CC=CC1)N2. The Morgan fingerprint density at radius 1 is 1.29 bits per heavy atom. The monoisotopic (exact) mass is 323 g/mol. The van der Waals surface area contributed by atoms with Gasteiger partial charge < -0.3 is 10.1 Å². The van der Waals surface area contributed by atoms with Crippen molar-refractivity contribution in [1.82, 2.24) is 0 Å². The average Bonchev–Trinajstić information content (AvgIpc) is 2.67. The molecule has 4 rings (SSSR count). The molecule has 1 saturated heterocycles. The number of anilines is 1. The van der Waals surface area contributed by atoms with Crippen molar-refractivity contribution in [3.63, 3.8) is 0 Å². The predicted molar refractivity (Wildman–Crippen MR) is 100 cm³/mol. The van der Waals surface area contributed by atoms with Gasteiger partial charge in [0.25, 0.3) is 0 Å². The highest BCUT2D eigenvalue weighted by Crippen LogP contribution is 2.47. The van der Waals surface area contributed by atoms with Crippen molar-refractivity contribution in [1.29, 1.82) is 0 Å². The molecule has 128 valence electrons. The van der Waals surface area contributed by atoms with Crippen LogP contribution in [0, 0.1) is 11.8 Å². The predicted octanol–water partition coefficient (Wildman–Crippen LogP) is 5.59. The molecule has 0 saturated carbocycles. The summed E-state index contributed by atoms with van der Waals surface area (Å²) in [5.74, 6) is 1.77. The van der Waals surface area contributed by atoms with E-state index in [0.29, 0.717) is 23.8 Å². The first-order valence-electron chi connectivity index (χ1n) is 9.63. The third kappa shape index (κ3) is 2.82. The van der Waals surface area contributed by atoms with Crippen molar-refractivity contribution in [2.75, 3.05) is 11.9 Å². The summed E-state index contributed by atoms with van der Waals surface area (Å²) >= 11 is 0. The lowest BCUT2D eigenvalue weighted by Crippen LogP contribution is -2.45. The van der Waals surface area contributed by atoms with Crippen LogP contribution in [-0.2, 0) is 4.74 Å². The number of allylic oxidation sites excluding steroid dienone is 3. The van der Waals surface area contributed by atoms with Crippen LogP contribution in [0.4, 0.5) is 5.69 Å². The summed E-state index contributed by atoms with van der Waals surface area (Å²) in [7, 11) is 0. The van der Waals surface area contributed by atoms with Crippen molar-refractivity contribution in [2.45, 2.75) is 57.6 Å². The Kier molecular flexibility index (Phi) is 4.49. The van der Waals surface area contributed by atoms with Crippen LogP contribution >= 0.6 is 0 Å². The van der Waals surface area contributed by atoms with Gasteiger partial charge in [0.05, 0.1) is 6.10 Å². The molecular weight excluding hydrogens is 294 g/mol. The zero-order valence-electron chi connectivity index (χ0n) is 14.9. The van der Waals surface area contributed by atoms with Crippen LogP contribution in [0.5, 0.6) is 0 Å². The van der Waals surface area contributed by atoms with Gasteiger partial charge in [0, 0.05) is 35.7 Å². The lowest BCUT2D eigenvalue weighted by Gasteiger charge is -2.46. The Balaban J connectivity index is 1.69. The fourth-order valence-electron chi connectivity index (χ4n) is 4.56. The minimum absolute atomic E-state index is 0.267. The van der Waals surface area contributed by atoms with E-state index in [9.17, 15) is 0 Å². The maximum Gasteiger partial charge on any atom is 0.0892 e. The van der Waals surface area contributed by atoms with E-state index in [1.807, 2.05) is 0 Å². The zero-order valence-corrected chi connectivity index (χ0v) is 14.9. The second kappa shape index (κ2) is 6.76. The number of ether oxygens (including phenoxy) is 1. The lowest BCUT2D eigenvalue weighted by atomic mass is 9.73. The largest absolute Gasteiger partial charge is 0.381 e. The minimum atomic E-state index is 0.267. The van der Waals surface area contributed by atoms with Crippen molar-refractivity contribution >= 4 is 5.69 Å². The average molecular weight is 323 g/mol. The quantitative estimate of drug-likeness (QED) is 0.782. The number of benzene rings is 1. The van der Waals surface area contributed by atoms with Gasteiger partial charge in [0.1, 0.15) is 0 Å². The van der Waals surface area contributed by atoms with E-state index in [1.54, 1.807) is 0 Å². The maximum absolute atomic E-state index is 6.32. The molecule has 3 aliphatic rings. The summed E-state index contributed by atoms with van der Waals surface area (Å²) in [5.41, 5.74) is 4.13. The molecule has 2 aliphatic heterocycles. The number of nitrogens with one attached hydrogen (secondary N) is 1. The van der Waals surface area contributed by atoms with E-state index < -0.39 is 0 Å². The van der Waals surface area contributed by atoms with Gasteiger partial charge in [0.15, 0.2) is 0 Å². The van der Waals surface area contributed by atoms with Crippen LogP contribution < -0.4 is 5.32 Å². The van der Waals surface area contributed by atoms with Crippen molar-refractivity contribution in [2.24, 2.45) is 11.8 Å². The number of rotatable bonds is 3. The van der Waals surface area contributed by atoms with Gasteiger partial charge in [-0.05, 0) is 43.2 Å². The van der Waals surface area contributed by atoms with Crippen molar-refractivity contribution < 1.29 is 4.74 Å². The fourth-order valence-corrected chi connectivity index (χ4v) is 4.56. The van der Waals surface area contributed by atoms with E-state index >= 15 is 0 Å². The Morgan fingerprint density at radius 3 is 3.00 bits per heavy atom. The molecule has 0 radical (unpaired) electrons. The van der Waals surface area contributed by atoms with E-state index in [1.165, 1.54) is 36.1 Å². The summed E-state index contributed by atoms with van der Waals surface area (Å²) in [6.45, 7) is 5.49. The summed E-state index contributed by atoms with van der Waals surface area (Å²) < 4.78 is 6.32. The van der Waals surface area contributed by atoms with Gasteiger partial charge >= 0.3 is 0 Å². The van der Waals surface area contributed by atoms with E-state index in [0.717, 1.165) is 13.0 Å². The van der Waals surface area contributed by atoms with Gasteiger partial charge in [-0.25, -0.2) is 0 Å². The van der Waals surface area contributed by atoms with Crippen molar-refractivity contribution in [3.05, 3.63) is 53.6 Å². The number of hydrogen-bond acceptors (Lipinski definition) is 2. The topological polar surface area (TPSA) is 21.3 Å². The molecule has 2 heterocycles. The molecular formula is C22H29NO. The van der Waals surface area contributed by atoms with Crippen molar-refractivity contribution in [3.8, 4) is 0 Å². The third-order valence-corrected chi connectivity index (χ3v) is 6.19. The van der Waals surface area contributed by atoms with E-state index in [-0.39, 0.29) is 6.10 Å². The Morgan fingerprint density at radius 2 is 2.21 bits per heavy atom. The molecule has 1 fully saturated rings. The van der Waals surface area contributed by atoms with Gasteiger partial charge in [-0.15, -0.1) is 0 Å². The standard InChI is InChI=1S/C22H29NO/c1-3-15(2)17-11-12-20-19(14-17)22-18(10-7-13-24-22)21(23-20)16-8-5-4-6-9-16/h4-6,8,11-12,14-16,18,21-23H,3,7,9-10,13H2,1-2H3/t15?,16?,18-,21-,22-/m0/s1. The first-order valence-corrected chi connectivity index (χ1v) is 9.63. The molecule has 2 nitrogen and oxygen atoms in total. The Bertz CT molecular complexity index is 647. The van der Waals surface area contributed by atoms with Gasteiger partial charge in [-0.2, -0.15) is 0 Å². The van der Waals surface area contributed by atoms with Crippen LogP contribution in [-0.4, -0.2) is 12.6 Å². The van der Waals surface area contributed by atoms with Crippen LogP contribution in [0.2, 0.25) is 0 Å². The molecule has 1 aromatic rings.